The summed E-state index contributed by atoms with van der Waals surface area (Å²) in [5, 5.41) is -0.312. The lowest BCUT2D eigenvalue weighted by Gasteiger charge is -2.17. The number of hydrogen-bond acceptors (Lipinski definition) is 6. The Balaban J connectivity index is 1.73. The number of rotatable bonds is 11. The summed E-state index contributed by atoms with van der Waals surface area (Å²) in [5.41, 5.74) is 2.91. The van der Waals surface area contributed by atoms with Crippen molar-refractivity contribution in [3.63, 3.8) is 0 Å². The third-order valence-electron chi connectivity index (χ3n) is 5.21. The van der Waals surface area contributed by atoms with E-state index in [0.29, 0.717) is 40.0 Å². The van der Waals surface area contributed by atoms with Gasteiger partial charge in [0.2, 0.25) is 0 Å². The fourth-order valence-electron chi connectivity index (χ4n) is 3.55. The number of hydrogen-bond donors (Lipinski definition) is 0. The van der Waals surface area contributed by atoms with Crippen LogP contribution in [0.1, 0.15) is 43.4 Å². The standard InChI is InChI=1S/C27H30BrNO5S/c1-6-11-34-25-21(28)14-19(15-23(25)32-7-2)16-24-26(30)29(27(31)35-24)10-12-33-22-13-18(5)8-9-20(22)17(3)4/h6,8-9,13-17H,1,7,10-12H2,2-5H3/b24-16-. The smallest absolute Gasteiger partial charge is 0.293 e. The fraction of sp³-hybridized carbons (Fsp3) is 0.333. The Morgan fingerprint density at radius 3 is 2.57 bits per heavy atom. The molecule has 0 aliphatic carbocycles. The van der Waals surface area contributed by atoms with Gasteiger partial charge < -0.3 is 14.2 Å². The average Bonchev–Trinajstić information content (AvgIpc) is 3.06. The van der Waals surface area contributed by atoms with Gasteiger partial charge in [0.15, 0.2) is 11.5 Å². The monoisotopic (exact) mass is 559 g/mol. The molecule has 1 aliphatic heterocycles. The molecule has 0 unspecified atom stereocenters. The zero-order chi connectivity index (χ0) is 25.5. The first-order chi connectivity index (χ1) is 16.7. The Labute approximate surface area is 219 Å². The van der Waals surface area contributed by atoms with Crippen molar-refractivity contribution in [2.45, 2.75) is 33.6 Å². The first-order valence-electron chi connectivity index (χ1n) is 11.4. The second-order valence-electron chi connectivity index (χ2n) is 8.24. The molecule has 1 saturated heterocycles. The Morgan fingerprint density at radius 2 is 1.89 bits per heavy atom. The molecule has 6 nitrogen and oxygen atoms in total. The summed E-state index contributed by atoms with van der Waals surface area (Å²) in [7, 11) is 0. The molecule has 1 aliphatic rings. The highest BCUT2D eigenvalue weighted by molar-refractivity contribution is 9.10. The van der Waals surface area contributed by atoms with Gasteiger partial charge in [0.05, 0.1) is 22.5 Å². The van der Waals surface area contributed by atoms with E-state index in [1.165, 1.54) is 4.90 Å². The summed E-state index contributed by atoms with van der Waals surface area (Å²) >= 11 is 4.43. The van der Waals surface area contributed by atoms with Gasteiger partial charge in [-0.25, -0.2) is 0 Å². The number of nitrogens with zero attached hydrogens (tertiary/aromatic N) is 1. The number of thioether (sulfide) groups is 1. The molecular weight excluding hydrogens is 530 g/mol. The van der Waals surface area contributed by atoms with Crippen molar-refractivity contribution in [3.05, 3.63) is 69.1 Å². The molecular formula is C27H30BrNO5S. The van der Waals surface area contributed by atoms with Gasteiger partial charge in [-0.2, -0.15) is 0 Å². The fourth-order valence-corrected chi connectivity index (χ4v) is 4.99. The van der Waals surface area contributed by atoms with Crippen molar-refractivity contribution < 1.29 is 23.8 Å². The van der Waals surface area contributed by atoms with Gasteiger partial charge in [0.25, 0.3) is 11.1 Å². The second kappa shape index (κ2) is 12.3. The molecule has 0 radical (unpaired) electrons. The van der Waals surface area contributed by atoms with Gasteiger partial charge in [-0.15, -0.1) is 0 Å². The van der Waals surface area contributed by atoms with Crippen molar-refractivity contribution in [2.24, 2.45) is 0 Å². The third-order valence-corrected chi connectivity index (χ3v) is 6.71. The molecule has 8 heteroatoms. The van der Waals surface area contributed by atoms with Gasteiger partial charge in [-0.3, -0.25) is 14.5 Å². The Morgan fingerprint density at radius 1 is 1.11 bits per heavy atom. The van der Waals surface area contributed by atoms with E-state index < -0.39 is 0 Å². The van der Waals surface area contributed by atoms with Crippen molar-refractivity contribution in [2.75, 3.05) is 26.4 Å². The summed E-state index contributed by atoms with van der Waals surface area (Å²) in [6.07, 6.45) is 3.34. The number of benzene rings is 2. The van der Waals surface area contributed by atoms with Crippen LogP contribution in [0.5, 0.6) is 17.2 Å². The van der Waals surface area contributed by atoms with E-state index in [2.05, 4.69) is 48.5 Å². The predicted octanol–water partition coefficient (Wildman–Crippen LogP) is 6.96. The number of halogens is 1. The minimum Gasteiger partial charge on any atom is -0.491 e. The van der Waals surface area contributed by atoms with Gasteiger partial charge in [-0.1, -0.05) is 38.6 Å². The van der Waals surface area contributed by atoms with E-state index in [0.717, 1.165) is 34.2 Å². The summed E-state index contributed by atoms with van der Waals surface area (Å²) in [6.45, 7) is 13.0. The summed E-state index contributed by atoms with van der Waals surface area (Å²) in [5.74, 6) is 1.86. The molecule has 0 bridgehead atoms. The first-order valence-corrected chi connectivity index (χ1v) is 13.0. The lowest BCUT2D eigenvalue weighted by molar-refractivity contribution is -0.123. The highest BCUT2D eigenvalue weighted by Gasteiger charge is 2.35. The van der Waals surface area contributed by atoms with E-state index in [1.54, 1.807) is 18.2 Å². The molecule has 35 heavy (non-hydrogen) atoms. The second-order valence-corrected chi connectivity index (χ2v) is 10.1. The molecule has 2 amide bonds. The molecule has 0 saturated carbocycles. The molecule has 0 spiro atoms. The minimum absolute atomic E-state index is 0.176. The van der Waals surface area contributed by atoms with Gasteiger partial charge in [-0.05, 0) is 88.4 Å². The number of carbonyl (C=O) groups is 2. The zero-order valence-corrected chi connectivity index (χ0v) is 22.8. The number of imide groups is 1. The summed E-state index contributed by atoms with van der Waals surface area (Å²) < 4.78 is 18.1. The van der Waals surface area contributed by atoms with Crippen LogP contribution in [0.25, 0.3) is 6.08 Å². The van der Waals surface area contributed by atoms with Crippen LogP contribution in [0.2, 0.25) is 0 Å². The maximum Gasteiger partial charge on any atom is 0.293 e. The lowest BCUT2D eigenvalue weighted by Crippen LogP contribution is -2.32. The molecule has 2 aromatic rings. The lowest BCUT2D eigenvalue weighted by atomic mass is 10.0. The van der Waals surface area contributed by atoms with Crippen LogP contribution in [0.15, 0.2) is 52.4 Å². The van der Waals surface area contributed by atoms with Crippen LogP contribution >= 0.6 is 27.7 Å². The molecule has 2 aromatic carbocycles. The van der Waals surface area contributed by atoms with E-state index in [1.807, 2.05) is 26.0 Å². The van der Waals surface area contributed by atoms with E-state index in [9.17, 15) is 9.59 Å². The number of ether oxygens (including phenoxy) is 3. The number of aryl methyl sites for hydroxylation is 1. The molecule has 0 aromatic heterocycles. The van der Waals surface area contributed by atoms with Crippen LogP contribution in [-0.2, 0) is 4.79 Å². The number of amides is 2. The highest BCUT2D eigenvalue weighted by atomic mass is 79.9. The maximum atomic E-state index is 13.0. The quantitative estimate of drug-likeness (QED) is 0.219. The SMILES string of the molecule is C=CCOc1c(Br)cc(/C=C2\SC(=O)N(CCOc3cc(C)ccc3C(C)C)C2=O)cc1OCC. The van der Waals surface area contributed by atoms with Gasteiger partial charge >= 0.3 is 0 Å². The Bertz CT molecular complexity index is 1140. The molecule has 1 fully saturated rings. The average molecular weight is 561 g/mol. The van der Waals surface area contributed by atoms with Crippen LogP contribution in [-0.4, -0.2) is 42.4 Å². The van der Waals surface area contributed by atoms with Crippen LogP contribution < -0.4 is 14.2 Å². The molecule has 186 valence electrons. The molecule has 0 atom stereocenters. The van der Waals surface area contributed by atoms with E-state index in [-0.39, 0.29) is 24.3 Å². The van der Waals surface area contributed by atoms with Gasteiger partial charge in [0.1, 0.15) is 19.0 Å². The Kier molecular flexibility index (Phi) is 9.46. The van der Waals surface area contributed by atoms with Crippen LogP contribution in [0, 0.1) is 6.92 Å². The van der Waals surface area contributed by atoms with Crippen molar-refractivity contribution in [3.8, 4) is 17.2 Å². The Hall–Kier alpha value is -2.71. The van der Waals surface area contributed by atoms with Crippen molar-refractivity contribution in [1.82, 2.24) is 4.90 Å². The van der Waals surface area contributed by atoms with Crippen LogP contribution in [0.4, 0.5) is 4.79 Å². The van der Waals surface area contributed by atoms with Crippen LogP contribution in [0.3, 0.4) is 0 Å². The summed E-state index contributed by atoms with van der Waals surface area (Å²) in [6, 6.07) is 9.70. The minimum atomic E-state index is -0.335. The van der Waals surface area contributed by atoms with Crippen molar-refractivity contribution in [1.29, 1.82) is 0 Å². The third kappa shape index (κ3) is 6.70. The van der Waals surface area contributed by atoms with Gasteiger partial charge in [0, 0.05) is 0 Å². The van der Waals surface area contributed by atoms with E-state index in [4.69, 9.17) is 14.2 Å². The van der Waals surface area contributed by atoms with E-state index >= 15 is 0 Å². The maximum absolute atomic E-state index is 13.0. The zero-order valence-electron chi connectivity index (χ0n) is 20.4. The topological polar surface area (TPSA) is 65.1 Å². The first kappa shape index (κ1) is 26.9. The largest absolute Gasteiger partial charge is 0.491 e. The highest BCUT2D eigenvalue weighted by Crippen LogP contribution is 2.39. The number of carbonyl (C=O) groups excluding carboxylic acids is 2. The molecule has 1 heterocycles. The molecule has 0 N–H and O–H groups in total. The predicted molar refractivity (Wildman–Crippen MR) is 144 cm³/mol. The molecule has 3 rings (SSSR count). The van der Waals surface area contributed by atoms with Crippen molar-refractivity contribution >= 4 is 44.9 Å². The normalized spacial score (nSPS) is 14.7. The summed E-state index contributed by atoms with van der Waals surface area (Å²) in [4.78, 5) is 27.1.